The first-order valence-electron chi connectivity index (χ1n) is 9.45. The summed E-state index contributed by atoms with van der Waals surface area (Å²) in [5, 5.41) is 2.87. The summed E-state index contributed by atoms with van der Waals surface area (Å²) in [5.41, 5.74) is 5.30. The number of amides is 1. The van der Waals surface area contributed by atoms with Crippen LogP contribution in [0.4, 0.5) is 5.69 Å². The average molecular weight is 383 g/mol. The lowest BCUT2D eigenvalue weighted by Gasteiger charge is -2.15. The number of aryl methyl sites for hydroxylation is 1. The van der Waals surface area contributed by atoms with Gasteiger partial charge in [0.15, 0.2) is 6.10 Å². The van der Waals surface area contributed by atoms with E-state index < -0.39 is 6.10 Å². The van der Waals surface area contributed by atoms with Crippen LogP contribution in [0.15, 0.2) is 79.0 Å². The number of ether oxygens (including phenoxy) is 1. The maximum absolute atomic E-state index is 12.4. The number of rotatable bonds is 5. The van der Waals surface area contributed by atoms with Crippen LogP contribution in [0.1, 0.15) is 12.5 Å². The Bertz CT molecular complexity index is 1160. The predicted octanol–water partition coefficient (Wildman–Crippen LogP) is 5.01. The van der Waals surface area contributed by atoms with E-state index in [2.05, 4.69) is 15.3 Å². The molecule has 0 bridgehead atoms. The summed E-state index contributed by atoms with van der Waals surface area (Å²) in [6.45, 7) is 3.71. The van der Waals surface area contributed by atoms with Crippen molar-refractivity contribution in [1.29, 1.82) is 0 Å². The fourth-order valence-corrected chi connectivity index (χ4v) is 3.02. The minimum atomic E-state index is -0.623. The van der Waals surface area contributed by atoms with Crippen LogP contribution in [0.3, 0.4) is 0 Å². The lowest BCUT2D eigenvalue weighted by Crippen LogP contribution is -2.30. The van der Waals surface area contributed by atoms with Crippen LogP contribution >= 0.6 is 0 Å². The topological polar surface area (TPSA) is 64.1 Å². The number of aromatic nitrogens is 2. The molecule has 144 valence electrons. The van der Waals surface area contributed by atoms with Gasteiger partial charge in [0.05, 0.1) is 22.9 Å². The summed E-state index contributed by atoms with van der Waals surface area (Å²) >= 11 is 0. The Balaban J connectivity index is 1.43. The number of hydrogen-bond donors (Lipinski definition) is 1. The van der Waals surface area contributed by atoms with Gasteiger partial charge in [0.1, 0.15) is 5.75 Å². The van der Waals surface area contributed by atoms with E-state index in [4.69, 9.17) is 4.74 Å². The molecule has 1 unspecified atom stereocenters. The summed E-state index contributed by atoms with van der Waals surface area (Å²) < 4.78 is 5.79. The van der Waals surface area contributed by atoms with Gasteiger partial charge in [0.2, 0.25) is 0 Å². The highest BCUT2D eigenvalue weighted by Gasteiger charge is 2.15. The first kappa shape index (κ1) is 18.6. The van der Waals surface area contributed by atoms with Crippen LogP contribution in [0.5, 0.6) is 5.75 Å². The number of carbonyl (C=O) groups excluding carboxylic acids is 1. The number of nitrogens with one attached hydrogen (secondary N) is 1. The molecule has 1 atom stereocenters. The molecule has 1 heterocycles. The van der Waals surface area contributed by atoms with E-state index in [-0.39, 0.29) is 5.91 Å². The Labute approximate surface area is 169 Å². The second-order valence-electron chi connectivity index (χ2n) is 6.89. The average Bonchev–Trinajstić information content (AvgIpc) is 2.74. The molecule has 0 aliphatic carbocycles. The van der Waals surface area contributed by atoms with Crippen molar-refractivity contribution in [3.63, 3.8) is 0 Å². The van der Waals surface area contributed by atoms with Crippen molar-refractivity contribution in [2.24, 2.45) is 0 Å². The molecule has 0 saturated carbocycles. The van der Waals surface area contributed by atoms with Crippen LogP contribution < -0.4 is 10.1 Å². The zero-order valence-corrected chi connectivity index (χ0v) is 16.3. The third-order valence-corrected chi connectivity index (χ3v) is 4.57. The van der Waals surface area contributed by atoms with Gasteiger partial charge >= 0.3 is 0 Å². The van der Waals surface area contributed by atoms with Crippen molar-refractivity contribution in [2.45, 2.75) is 20.0 Å². The van der Waals surface area contributed by atoms with Crippen molar-refractivity contribution in [3.05, 3.63) is 84.6 Å². The first-order chi connectivity index (χ1) is 14.1. The summed E-state index contributed by atoms with van der Waals surface area (Å²) in [6.07, 6.45) is 1.14. The largest absolute Gasteiger partial charge is 0.481 e. The number of hydrogen-bond acceptors (Lipinski definition) is 4. The predicted molar refractivity (Wildman–Crippen MR) is 115 cm³/mol. The normalized spacial score (nSPS) is 11.8. The highest BCUT2D eigenvalue weighted by atomic mass is 16.5. The molecular formula is C24H21N3O2. The van der Waals surface area contributed by atoms with Gasteiger partial charge in [0.25, 0.3) is 5.91 Å². The van der Waals surface area contributed by atoms with Gasteiger partial charge in [-0.1, -0.05) is 24.3 Å². The van der Waals surface area contributed by atoms with E-state index in [0.717, 1.165) is 33.5 Å². The quantitative estimate of drug-likeness (QED) is 0.526. The highest BCUT2D eigenvalue weighted by molar-refractivity contribution is 5.94. The van der Waals surface area contributed by atoms with Crippen LogP contribution in [0.25, 0.3) is 22.3 Å². The number of fused-ring (bicyclic) bond motifs is 1. The number of carbonyl (C=O) groups is 1. The molecule has 1 N–H and O–H groups in total. The fraction of sp³-hybridized carbons (Fsp3) is 0.125. The lowest BCUT2D eigenvalue weighted by molar-refractivity contribution is -0.122. The molecule has 5 nitrogen and oxygen atoms in total. The first-order valence-corrected chi connectivity index (χ1v) is 9.45. The summed E-state index contributed by atoms with van der Waals surface area (Å²) in [4.78, 5) is 21.5. The summed E-state index contributed by atoms with van der Waals surface area (Å²) in [5.74, 6) is 0.425. The van der Waals surface area contributed by atoms with Crippen LogP contribution in [-0.4, -0.2) is 22.0 Å². The summed E-state index contributed by atoms with van der Waals surface area (Å²) in [7, 11) is 0. The van der Waals surface area contributed by atoms with Crippen molar-refractivity contribution >= 4 is 22.6 Å². The van der Waals surface area contributed by atoms with Gasteiger partial charge in [0, 0.05) is 11.3 Å². The monoisotopic (exact) mass is 383 g/mol. The molecule has 29 heavy (non-hydrogen) atoms. The number of nitrogens with zero attached hydrogens (tertiary/aromatic N) is 2. The minimum Gasteiger partial charge on any atom is -0.481 e. The van der Waals surface area contributed by atoms with E-state index in [1.807, 2.05) is 79.7 Å². The van der Waals surface area contributed by atoms with Gasteiger partial charge < -0.3 is 10.1 Å². The zero-order valence-electron chi connectivity index (χ0n) is 16.3. The molecule has 3 aromatic carbocycles. The van der Waals surface area contributed by atoms with Gasteiger partial charge in [-0.05, 0) is 67.9 Å². The van der Waals surface area contributed by atoms with Crippen LogP contribution in [0, 0.1) is 6.92 Å². The van der Waals surface area contributed by atoms with Gasteiger partial charge in [-0.3, -0.25) is 9.78 Å². The molecule has 0 aliphatic heterocycles. The van der Waals surface area contributed by atoms with Crippen LogP contribution in [-0.2, 0) is 4.79 Å². The third kappa shape index (κ3) is 4.41. The maximum atomic E-state index is 12.4. The minimum absolute atomic E-state index is 0.194. The van der Waals surface area contributed by atoms with E-state index in [0.29, 0.717) is 5.75 Å². The molecule has 4 aromatic rings. The number of anilines is 1. The van der Waals surface area contributed by atoms with Crippen molar-refractivity contribution < 1.29 is 9.53 Å². The van der Waals surface area contributed by atoms with Crippen molar-refractivity contribution in [3.8, 4) is 17.0 Å². The lowest BCUT2D eigenvalue weighted by atomic mass is 10.1. The molecule has 5 heteroatoms. The van der Waals surface area contributed by atoms with Gasteiger partial charge in [-0.2, -0.15) is 0 Å². The van der Waals surface area contributed by atoms with Gasteiger partial charge in [-0.25, -0.2) is 4.98 Å². The molecule has 0 radical (unpaired) electrons. The Morgan fingerprint density at radius 3 is 2.48 bits per heavy atom. The standard InChI is InChI=1S/C24H21N3O2/c1-16-6-5-7-19(14-16)26-24(28)17(2)29-20-12-10-18(11-13-20)23-15-25-21-8-3-4-9-22(21)27-23/h3-15,17H,1-2H3,(H,26,28). The van der Waals surface area contributed by atoms with Crippen molar-refractivity contribution in [2.75, 3.05) is 5.32 Å². The third-order valence-electron chi connectivity index (χ3n) is 4.57. The Hall–Kier alpha value is -3.73. The SMILES string of the molecule is Cc1cccc(NC(=O)C(C)Oc2ccc(-c3cnc4ccccc4n3)cc2)c1. The molecule has 0 spiro atoms. The number of benzene rings is 3. The molecule has 0 saturated heterocycles. The summed E-state index contributed by atoms with van der Waals surface area (Å²) in [6, 6.07) is 22.9. The van der Waals surface area contributed by atoms with Crippen LogP contribution in [0.2, 0.25) is 0 Å². The van der Waals surface area contributed by atoms with E-state index in [1.165, 1.54) is 0 Å². The maximum Gasteiger partial charge on any atom is 0.265 e. The smallest absolute Gasteiger partial charge is 0.265 e. The zero-order chi connectivity index (χ0) is 20.2. The molecule has 1 aromatic heterocycles. The molecule has 0 fully saturated rings. The highest BCUT2D eigenvalue weighted by Crippen LogP contribution is 2.23. The Kier molecular flexibility index (Phi) is 5.20. The molecular weight excluding hydrogens is 362 g/mol. The second kappa shape index (κ2) is 8.10. The number of para-hydroxylation sites is 2. The van der Waals surface area contributed by atoms with Crippen molar-refractivity contribution in [1.82, 2.24) is 9.97 Å². The van der Waals surface area contributed by atoms with E-state index in [9.17, 15) is 4.79 Å². The van der Waals surface area contributed by atoms with Gasteiger partial charge in [-0.15, -0.1) is 0 Å². The Morgan fingerprint density at radius 2 is 1.72 bits per heavy atom. The molecule has 1 amide bonds. The fourth-order valence-electron chi connectivity index (χ4n) is 3.02. The Morgan fingerprint density at radius 1 is 0.966 bits per heavy atom. The van der Waals surface area contributed by atoms with E-state index >= 15 is 0 Å². The molecule has 4 rings (SSSR count). The second-order valence-corrected chi connectivity index (χ2v) is 6.89. The molecule has 0 aliphatic rings. The van der Waals surface area contributed by atoms with E-state index in [1.54, 1.807) is 13.1 Å².